The van der Waals surface area contributed by atoms with Gasteiger partial charge in [-0.05, 0) is 32.0 Å². The zero-order valence-electron chi connectivity index (χ0n) is 14.6. The highest BCUT2D eigenvalue weighted by atomic mass is 16.5. The monoisotopic (exact) mass is 350 g/mol. The Morgan fingerprint density at radius 3 is 2.50 bits per heavy atom. The molecule has 0 fully saturated rings. The van der Waals surface area contributed by atoms with Crippen LogP contribution in [0.25, 0.3) is 11.0 Å². The molecule has 1 aromatic heterocycles. The van der Waals surface area contributed by atoms with Crippen LogP contribution in [0.3, 0.4) is 0 Å². The van der Waals surface area contributed by atoms with Crippen LogP contribution in [0.1, 0.15) is 33.3 Å². The Kier molecular flexibility index (Phi) is 4.93. The van der Waals surface area contributed by atoms with Crippen molar-refractivity contribution in [2.24, 2.45) is 0 Å². The maximum Gasteiger partial charge on any atom is 0.338 e. The van der Waals surface area contributed by atoms with Crippen LogP contribution in [0.2, 0.25) is 0 Å². The molecule has 3 aromatic rings. The molecule has 3 rings (SSSR count). The average Bonchev–Trinajstić information content (AvgIpc) is 2.67. The van der Waals surface area contributed by atoms with Crippen molar-refractivity contribution in [3.63, 3.8) is 0 Å². The minimum atomic E-state index is -0.607. The lowest BCUT2D eigenvalue weighted by Gasteiger charge is -2.10. The highest BCUT2D eigenvalue weighted by Gasteiger charge is 2.14. The first-order valence-electron chi connectivity index (χ1n) is 8.28. The normalized spacial score (nSPS) is 10.7. The van der Waals surface area contributed by atoms with Gasteiger partial charge in [-0.1, -0.05) is 30.3 Å². The Morgan fingerprint density at radius 2 is 1.81 bits per heavy atom. The molecule has 0 aliphatic rings. The fraction of sp³-hybridized carbons (Fsp3) is 0.200. The largest absolute Gasteiger partial charge is 0.454 e. The van der Waals surface area contributed by atoms with Crippen LogP contribution in [0.15, 0.2) is 53.3 Å². The van der Waals surface area contributed by atoms with Gasteiger partial charge in [0.1, 0.15) is 5.69 Å². The van der Waals surface area contributed by atoms with Gasteiger partial charge in [-0.25, -0.2) is 9.78 Å². The minimum absolute atomic E-state index is 0.149. The summed E-state index contributed by atoms with van der Waals surface area (Å²) in [4.78, 5) is 40.7. The van der Waals surface area contributed by atoms with E-state index in [4.69, 9.17) is 4.74 Å². The summed E-state index contributed by atoms with van der Waals surface area (Å²) in [7, 11) is 0. The van der Waals surface area contributed by atoms with Crippen LogP contribution in [-0.4, -0.2) is 27.9 Å². The van der Waals surface area contributed by atoms with Gasteiger partial charge in [-0.3, -0.25) is 9.59 Å². The molecular weight excluding hydrogens is 332 g/mol. The second-order valence-corrected chi connectivity index (χ2v) is 5.82. The summed E-state index contributed by atoms with van der Waals surface area (Å²) in [6, 6.07) is 13.5. The van der Waals surface area contributed by atoms with Crippen molar-refractivity contribution < 1.29 is 14.3 Å². The van der Waals surface area contributed by atoms with Gasteiger partial charge in [0.25, 0.3) is 5.56 Å². The lowest BCUT2D eigenvalue weighted by Crippen LogP contribution is -2.23. The molecule has 0 amide bonds. The SMILES string of the molecule is CCn1c(=O)c(C)nc2cc(C(=O)OCC(=O)c3ccccc3)ccc21. The predicted octanol–water partition coefficient (Wildman–Crippen LogP) is 2.76. The van der Waals surface area contributed by atoms with E-state index in [0.717, 1.165) is 0 Å². The Balaban J connectivity index is 1.82. The van der Waals surface area contributed by atoms with E-state index < -0.39 is 5.97 Å². The molecule has 1 heterocycles. The van der Waals surface area contributed by atoms with Crippen LogP contribution in [-0.2, 0) is 11.3 Å². The van der Waals surface area contributed by atoms with Crippen LogP contribution in [0, 0.1) is 6.92 Å². The minimum Gasteiger partial charge on any atom is -0.454 e. The van der Waals surface area contributed by atoms with Crippen LogP contribution >= 0.6 is 0 Å². The molecule has 0 saturated carbocycles. The first-order valence-corrected chi connectivity index (χ1v) is 8.28. The standard InChI is InChI=1S/C20H18N2O4/c1-3-22-17-10-9-15(11-16(17)21-13(2)19(22)24)20(25)26-12-18(23)14-7-5-4-6-8-14/h4-11H,3,12H2,1-2H3. The van der Waals surface area contributed by atoms with Crippen molar-refractivity contribution in [1.29, 1.82) is 0 Å². The number of hydrogen-bond acceptors (Lipinski definition) is 5. The number of benzene rings is 2. The fourth-order valence-corrected chi connectivity index (χ4v) is 2.74. The third-order valence-corrected chi connectivity index (χ3v) is 4.09. The van der Waals surface area contributed by atoms with E-state index in [2.05, 4.69) is 4.98 Å². The van der Waals surface area contributed by atoms with Crippen molar-refractivity contribution in [3.05, 3.63) is 75.7 Å². The Hall–Kier alpha value is -3.28. The molecule has 0 bridgehead atoms. The third-order valence-electron chi connectivity index (χ3n) is 4.09. The molecular formula is C20H18N2O4. The third kappa shape index (κ3) is 3.39. The first kappa shape index (κ1) is 17.5. The van der Waals surface area contributed by atoms with Gasteiger partial charge in [-0.2, -0.15) is 0 Å². The Morgan fingerprint density at radius 1 is 1.08 bits per heavy atom. The number of hydrogen-bond donors (Lipinski definition) is 0. The number of carbonyl (C=O) groups is 2. The number of ketones is 1. The van der Waals surface area contributed by atoms with Gasteiger partial charge in [0, 0.05) is 12.1 Å². The highest BCUT2D eigenvalue weighted by Crippen LogP contribution is 2.14. The number of esters is 1. The van der Waals surface area contributed by atoms with Gasteiger partial charge < -0.3 is 9.30 Å². The predicted molar refractivity (Wildman–Crippen MR) is 97.5 cm³/mol. The number of rotatable bonds is 5. The summed E-state index contributed by atoms with van der Waals surface area (Å²) in [5, 5.41) is 0. The van der Waals surface area contributed by atoms with Crippen molar-refractivity contribution in [1.82, 2.24) is 9.55 Å². The topological polar surface area (TPSA) is 78.3 Å². The Bertz CT molecular complexity index is 1040. The van der Waals surface area contributed by atoms with Crippen molar-refractivity contribution >= 4 is 22.8 Å². The van der Waals surface area contributed by atoms with E-state index >= 15 is 0 Å². The van der Waals surface area contributed by atoms with Gasteiger partial charge >= 0.3 is 5.97 Å². The number of Topliss-reactive ketones (excluding diaryl/α,β-unsaturated/α-hetero) is 1. The van der Waals surface area contributed by atoms with Gasteiger partial charge in [0.15, 0.2) is 12.4 Å². The summed E-state index contributed by atoms with van der Waals surface area (Å²) < 4.78 is 6.72. The molecule has 0 N–H and O–H groups in total. The number of nitrogens with zero attached hydrogens (tertiary/aromatic N) is 2. The fourth-order valence-electron chi connectivity index (χ4n) is 2.74. The lowest BCUT2D eigenvalue weighted by atomic mass is 10.1. The molecule has 2 aromatic carbocycles. The molecule has 0 aliphatic heterocycles. The smallest absolute Gasteiger partial charge is 0.338 e. The molecule has 0 aliphatic carbocycles. The molecule has 0 atom stereocenters. The summed E-state index contributed by atoms with van der Waals surface area (Å²) in [5.41, 5.74) is 2.18. The molecule has 6 nitrogen and oxygen atoms in total. The molecule has 132 valence electrons. The summed E-state index contributed by atoms with van der Waals surface area (Å²) in [6.45, 7) is 3.69. The number of aromatic nitrogens is 2. The van der Waals surface area contributed by atoms with Crippen molar-refractivity contribution in [3.8, 4) is 0 Å². The van der Waals surface area contributed by atoms with Crippen LogP contribution in [0.4, 0.5) is 0 Å². The van der Waals surface area contributed by atoms with Gasteiger partial charge in [0.2, 0.25) is 0 Å². The number of aryl methyl sites for hydroxylation is 2. The number of carbonyl (C=O) groups excluding carboxylic acids is 2. The molecule has 6 heteroatoms. The molecule has 0 spiro atoms. The van der Waals surface area contributed by atoms with E-state index in [1.54, 1.807) is 54.0 Å². The maximum atomic E-state index is 12.3. The van der Waals surface area contributed by atoms with Crippen LogP contribution < -0.4 is 5.56 Å². The van der Waals surface area contributed by atoms with Crippen LogP contribution in [0.5, 0.6) is 0 Å². The molecule has 0 radical (unpaired) electrons. The molecule has 26 heavy (non-hydrogen) atoms. The molecule has 0 unspecified atom stereocenters. The zero-order chi connectivity index (χ0) is 18.7. The van der Waals surface area contributed by atoms with E-state index in [0.29, 0.717) is 28.8 Å². The average molecular weight is 350 g/mol. The van der Waals surface area contributed by atoms with Crippen molar-refractivity contribution in [2.45, 2.75) is 20.4 Å². The second kappa shape index (κ2) is 7.31. The lowest BCUT2D eigenvalue weighted by molar-refractivity contribution is 0.0475. The van der Waals surface area contributed by atoms with E-state index in [1.807, 2.05) is 13.0 Å². The van der Waals surface area contributed by atoms with Crippen molar-refractivity contribution in [2.75, 3.05) is 6.61 Å². The van der Waals surface area contributed by atoms with E-state index in [9.17, 15) is 14.4 Å². The summed E-state index contributed by atoms with van der Waals surface area (Å²) in [5.74, 6) is -0.876. The first-order chi connectivity index (χ1) is 12.5. The molecule has 0 saturated heterocycles. The summed E-state index contributed by atoms with van der Waals surface area (Å²) >= 11 is 0. The van der Waals surface area contributed by atoms with Gasteiger partial charge in [0.05, 0.1) is 16.6 Å². The summed E-state index contributed by atoms with van der Waals surface area (Å²) in [6.07, 6.45) is 0. The maximum absolute atomic E-state index is 12.3. The highest BCUT2D eigenvalue weighted by molar-refractivity contribution is 6.00. The van der Waals surface area contributed by atoms with Gasteiger partial charge in [-0.15, -0.1) is 0 Å². The Labute approximate surface area is 150 Å². The number of ether oxygens (including phenoxy) is 1. The van der Waals surface area contributed by atoms with E-state index in [-0.39, 0.29) is 23.5 Å². The quantitative estimate of drug-likeness (QED) is 0.522. The zero-order valence-corrected chi connectivity index (χ0v) is 14.6. The second-order valence-electron chi connectivity index (χ2n) is 5.82. The van der Waals surface area contributed by atoms with E-state index in [1.165, 1.54) is 0 Å². The number of fused-ring (bicyclic) bond motifs is 1.